The standard InChI is InChI=1S/C28H23N3O4/c32-24-16-13-22(25(33)17-24)18-29-31-27(34)21-11-14-23(15-12-21)30-28(35)26(19-7-3-1-4-8-19)20-9-5-2-6-10-20/h1-18,26,32-33H,(H,30,35)(H,31,34)/b29-18-. The molecule has 7 heteroatoms. The second-order valence-corrected chi connectivity index (χ2v) is 7.76. The van der Waals surface area contributed by atoms with E-state index < -0.39 is 11.8 Å². The summed E-state index contributed by atoms with van der Waals surface area (Å²) >= 11 is 0. The molecule has 7 nitrogen and oxygen atoms in total. The number of carbonyl (C=O) groups excluding carboxylic acids is 2. The van der Waals surface area contributed by atoms with Gasteiger partial charge in [-0.15, -0.1) is 0 Å². The van der Waals surface area contributed by atoms with E-state index in [1.807, 2.05) is 60.7 Å². The van der Waals surface area contributed by atoms with Crippen LogP contribution in [0.4, 0.5) is 5.69 Å². The molecule has 0 aliphatic carbocycles. The number of benzene rings is 4. The van der Waals surface area contributed by atoms with Crippen LogP contribution >= 0.6 is 0 Å². The molecule has 0 aliphatic rings. The minimum atomic E-state index is -0.481. The highest BCUT2D eigenvalue weighted by Gasteiger charge is 2.22. The van der Waals surface area contributed by atoms with Crippen molar-refractivity contribution in [3.8, 4) is 11.5 Å². The van der Waals surface area contributed by atoms with Crippen molar-refractivity contribution in [1.29, 1.82) is 0 Å². The molecule has 0 bridgehead atoms. The molecule has 0 aliphatic heterocycles. The SMILES string of the molecule is O=C(N/N=C\c1ccc(O)cc1O)c1ccc(NC(=O)C(c2ccccc2)c2ccccc2)cc1. The zero-order valence-electron chi connectivity index (χ0n) is 18.6. The molecule has 4 aromatic carbocycles. The Morgan fingerprint density at radius 3 is 1.94 bits per heavy atom. The van der Waals surface area contributed by atoms with Crippen LogP contribution in [0.15, 0.2) is 108 Å². The Balaban J connectivity index is 1.43. The van der Waals surface area contributed by atoms with Crippen molar-refractivity contribution in [2.45, 2.75) is 5.92 Å². The average Bonchev–Trinajstić information content (AvgIpc) is 2.87. The number of nitrogens with one attached hydrogen (secondary N) is 2. The third kappa shape index (κ3) is 5.91. The highest BCUT2D eigenvalue weighted by Crippen LogP contribution is 2.26. The number of hydrogen-bond donors (Lipinski definition) is 4. The molecule has 4 aromatic rings. The van der Waals surface area contributed by atoms with Gasteiger partial charge in [-0.2, -0.15) is 5.10 Å². The van der Waals surface area contributed by atoms with Gasteiger partial charge in [0.05, 0.1) is 12.1 Å². The third-order valence-electron chi connectivity index (χ3n) is 5.33. The number of hydrogen-bond acceptors (Lipinski definition) is 5. The predicted octanol–water partition coefficient (Wildman–Crippen LogP) is 4.63. The highest BCUT2D eigenvalue weighted by molar-refractivity contribution is 5.99. The second kappa shape index (κ2) is 10.8. The minimum absolute atomic E-state index is 0.0743. The lowest BCUT2D eigenvalue weighted by Crippen LogP contribution is -2.22. The van der Waals surface area contributed by atoms with Crippen LogP contribution in [0.5, 0.6) is 11.5 Å². The van der Waals surface area contributed by atoms with Gasteiger partial charge in [0.1, 0.15) is 11.5 Å². The number of phenols is 2. The molecule has 0 unspecified atom stereocenters. The van der Waals surface area contributed by atoms with Gasteiger partial charge in [-0.1, -0.05) is 60.7 Å². The van der Waals surface area contributed by atoms with E-state index in [2.05, 4.69) is 15.8 Å². The first-order chi connectivity index (χ1) is 17.0. The third-order valence-corrected chi connectivity index (χ3v) is 5.33. The molecule has 0 saturated carbocycles. The van der Waals surface area contributed by atoms with Gasteiger partial charge >= 0.3 is 0 Å². The number of aromatic hydroxyl groups is 2. The average molecular weight is 466 g/mol. The van der Waals surface area contributed by atoms with Gasteiger partial charge in [0, 0.05) is 22.9 Å². The van der Waals surface area contributed by atoms with E-state index in [4.69, 9.17) is 0 Å². The van der Waals surface area contributed by atoms with E-state index in [0.717, 1.165) is 11.1 Å². The van der Waals surface area contributed by atoms with E-state index >= 15 is 0 Å². The van der Waals surface area contributed by atoms with Gasteiger partial charge in [0.25, 0.3) is 5.91 Å². The van der Waals surface area contributed by atoms with Crippen molar-refractivity contribution in [3.05, 3.63) is 125 Å². The molecule has 0 aromatic heterocycles. The second-order valence-electron chi connectivity index (χ2n) is 7.76. The van der Waals surface area contributed by atoms with E-state index in [-0.39, 0.29) is 17.4 Å². The Labute approximate surface area is 202 Å². The molecular weight excluding hydrogens is 442 g/mol. The zero-order valence-corrected chi connectivity index (χ0v) is 18.6. The van der Waals surface area contributed by atoms with Gasteiger partial charge in [0.2, 0.25) is 5.91 Å². The maximum absolute atomic E-state index is 13.2. The number of rotatable bonds is 7. The maximum atomic E-state index is 13.2. The Morgan fingerprint density at radius 2 is 1.37 bits per heavy atom. The van der Waals surface area contributed by atoms with Crippen molar-refractivity contribution < 1.29 is 19.8 Å². The van der Waals surface area contributed by atoms with Gasteiger partial charge < -0.3 is 15.5 Å². The number of amides is 2. The number of hydrazone groups is 1. The Hall–Kier alpha value is -4.91. The first-order valence-corrected chi connectivity index (χ1v) is 10.9. The largest absolute Gasteiger partial charge is 0.508 e. The molecule has 0 heterocycles. The fourth-order valence-corrected chi connectivity index (χ4v) is 3.57. The summed E-state index contributed by atoms with van der Waals surface area (Å²) in [5, 5.41) is 25.9. The van der Waals surface area contributed by atoms with E-state index in [9.17, 15) is 19.8 Å². The minimum Gasteiger partial charge on any atom is -0.508 e. The van der Waals surface area contributed by atoms with Crippen LogP contribution in [0.1, 0.15) is 33.0 Å². The summed E-state index contributed by atoms with van der Waals surface area (Å²) in [6, 6.07) is 29.6. The molecule has 0 saturated heterocycles. The van der Waals surface area contributed by atoms with Crippen molar-refractivity contribution in [2.75, 3.05) is 5.32 Å². The van der Waals surface area contributed by atoms with Crippen LogP contribution < -0.4 is 10.7 Å². The summed E-state index contributed by atoms with van der Waals surface area (Å²) < 4.78 is 0. The van der Waals surface area contributed by atoms with Crippen LogP contribution in [0, 0.1) is 0 Å². The summed E-state index contributed by atoms with van der Waals surface area (Å²) in [7, 11) is 0. The number of phenolic OH excluding ortho intramolecular Hbond substituents is 2. The Bertz CT molecular complexity index is 1300. The highest BCUT2D eigenvalue weighted by atomic mass is 16.3. The smallest absolute Gasteiger partial charge is 0.271 e. The lowest BCUT2D eigenvalue weighted by Gasteiger charge is -2.18. The molecule has 4 N–H and O–H groups in total. The van der Waals surface area contributed by atoms with Crippen molar-refractivity contribution in [3.63, 3.8) is 0 Å². The van der Waals surface area contributed by atoms with Crippen LogP contribution in [0.25, 0.3) is 0 Å². The quantitative estimate of drug-likeness (QED) is 0.235. The molecule has 0 spiro atoms. The summed E-state index contributed by atoms with van der Waals surface area (Å²) in [6.07, 6.45) is 1.27. The summed E-state index contributed by atoms with van der Waals surface area (Å²) in [5.74, 6) is -1.35. The fourth-order valence-electron chi connectivity index (χ4n) is 3.57. The monoisotopic (exact) mass is 465 g/mol. The van der Waals surface area contributed by atoms with Crippen LogP contribution in [0.3, 0.4) is 0 Å². The maximum Gasteiger partial charge on any atom is 0.271 e. The van der Waals surface area contributed by atoms with Crippen LogP contribution in [0.2, 0.25) is 0 Å². The molecule has 0 atom stereocenters. The van der Waals surface area contributed by atoms with Gasteiger partial charge in [-0.3, -0.25) is 9.59 Å². The van der Waals surface area contributed by atoms with Crippen molar-refractivity contribution in [2.24, 2.45) is 5.10 Å². The lowest BCUT2D eigenvalue weighted by molar-refractivity contribution is -0.116. The van der Waals surface area contributed by atoms with Gasteiger partial charge in [-0.25, -0.2) is 5.43 Å². The number of nitrogens with zero attached hydrogens (tertiary/aromatic N) is 1. The van der Waals surface area contributed by atoms with Gasteiger partial charge in [-0.05, 0) is 47.5 Å². The first kappa shape index (κ1) is 23.3. The molecule has 4 rings (SSSR count). The Morgan fingerprint density at radius 1 is 0.771 bits per heavy atom. The zero-order chi connectivity index (χ0) is 24.6. The van der Waals surface area contributed by atoms with Crippen LogP contribution in [-0.4, -0.2) is 28.2 Å². The van der Waals surface area contributed by atoms with E-state index in [1.165, 1.54) is 24.4 Å². The van der Waals surface area contributed by atoms with Gasteiger partial charge in [0.15, 0.2) is 0 Å². The van der Waals surface area contributed by atoms with E-state index in [1.54, 1.807) is 24.3 Å². The normalized spacial score (nSPS) is 10.9. The van der Waals surface area contributed by atoms with Crippen LogP contribution in [-0.2, 0) is 4.79 Å². The predicted molar refractivity (Wildman–Crippen MR) is 135 cm³/mol. The summed E-state index contributed by atoms with van der Waals surface area (Å²) in [5.41, 5.74) is 5.38. The van der Waals surface area contributed by atoms with Crippen molar-refractivity contribution in [1.82, 2.24) is 5.43 Å². The van der Waals surface area contributed by atoms with Crippen molar-refractivity contribution >= 4 is 23.7 Å². The summed E-state index contributed by atoms with van der Waals surface area (Å²) in [6.45, 7) is 0. The lowest BCUT2D eigenvalue weighted by atomic mass is 9.90. The summed E-state index contributed by atoms with van der Waals surface area (Å²) in [4.78, 5) is 25.6. The first-order valence-electron chi connectivity index (χ1n) is 10.9. The van der Waals surface area contributed by atoms with E-state index in [0.29, 0.717) is 16.8 Å². The number of anilines is 1. The molecule has 174 valence electrons. The molecular formula is C28H23N3O4. The number of carbonyl (C=O) groups is 2. The molecule has 2 amide bonds. The molecule has 35 heavy (non-hydrogen) atoms. The molecule has 0 fully saturated rings. The Kier molecular flexibility index (Phi) is 7.18. The topological polar surface area (TPSA) is 111 Å². The molecule has 0 radical (unpaired) electrons. The fraction of sp³-hybridized carbons (Fsp3) is 0.0357.